The lowest BCUT2D eigenvalue weighted by molar-refractivity contribution is 0.0512. The van der Waals surface area contributed by atoms with E-state index in [0.717, 1.165) is 5.56 Å². The zero-order valence-corrected chi connectivity index (χ0v) is 19.5. The highest BCUT2D eigenvalue weighted by Crippen LogP contribution is 2.32. The van der Waals surface area contributed by atoms with Gasteiger partial charge in [-0.2, -0.15) is 14.8 Å². The highest BCUT2D eigenvalue weighted by molar-refractivity contribution is 9.10. The van der Waals surface area contributed by atoms with Crippen LogP contribution in [0.15, 0.2) is 59.1 Å². The predicted molar refractivity (Wildman–Crippen MR) is 127 cm³/mol. The van der Waals surface area contributed by atoms with Crippen LogP contribution in [0.1, 0.15) is 17.5 Å². The van der Waals surface area contributed by atoms with Gasteiger partial charge < -0.3 is 10.1 Å². The summed E-state index contributed by atoms with van der Waals surface area (Å²) in [7, 11) is 0. The normalized spacial score (nSPS) is 10.6. The second-order valence-electron chi connectivity index (χ2n) is 6.58. The standard InChI is InChI=1S/C21H17BrClN7O3/c1-2-33-19(31)17-25-20(26-21(32)24-14-6-4-3-5-7-14)30(29-17)18-15(22)16(27-28-18)12-8-10-13(23)11-9-12/h3-11H,2H2,1H3,(H,27,28)(H2,24,25,26,29,32). The lowest BCUT2D eigenvalue weighted by atomic mass is 10.1. The van der Waals surface area contributed by atoms with Crippen LogP contribution in [0.5, 0.6) is 0 Å². The fourth-order valence-electron chi connectivity index (χ4n) is 2.88. The zero-order valence-electron chi connectivity index (χ0n) is 17.2. The molecule has 0 radical (unpaired) electrons. The number of esters is 1. The molecule has 0 unspecified atom stereocenters. The number of H-pyrrole nitrogens is 1. The second-order valence-corrected chi connectivity index (χ2v) is 7.81. The van der Waals surface area contributed by atoms with Crippen molar-refractivity contribution in [2.45, 2.75) is 6.92 Å². The number of hydrogen-bond donors (Lipinski definition) is 3. The highest BCUT2D eigenvalue weighted by atomic mass is 79.9. The third kappa shape index (κ3) is 5.04. The molecular weight excluding hydrogens is 514 g/mol. The van der Waals surface area contributed by atoms with Gasteiger partial charge in [0.15, 0.2) is 5.82 Å². The molecule has 0 saturated carbocycles. The zero-order chi connectivity index (χ0) is 23.4. The summed E-state index contributed by atoms with van der Waals surface area (Å²) >= 11 is 9.49. The summed E-state index contributed by atoms with van der Waals surface area (Å²) in [4.78, 5) is 28.9. The average molecular weight is 531 g/mol. The Labute approximate surface area is 201 Å². The summed E-state index contributed by atoms with van der Waals surface area (Å²) in [5.41, 5.74) is 2.04. The lowest BCUT2D eigenvalue weighted by Gasteiger charge is -2.07. The number of rotatable bonds is 6. The molecule has 2 aromatic heterocycles. The fraction of sp³-hybridized carbons (Fsp3) is 0.0952. The van der Waals surface area contributed by atoms with Gasteiger partial charge in [-0.05, 0) is 47.1 Å². The van der Waals surface area contributed by atoms with Crippen molar-refractivity contribution >= 4 is 51.2 Å². The average Bonchev–Trinajstić information content (AvgIpc) is 3.38. The number of urea groups is 1. The minimum Gasteiger partial charge on any atom is -0.460 e. The molecular formula is C21H17BrClN7O3. The molecule has 12 heteroatoms. The summed E-state index contributed by atoms with van der Waals surface area (Å²) in [6, 6.07) is 15.4. The Hall–Kier alpha value is -3.70. The Bertz CT molecular complexity index is 1290. The number of carbonyl (C=O) groups is 2. The quantitative estimate of drug-likeness (QED) is 0.305. The number of ether oxygens (including phenoxy) is 1. The van der Waals surface area contributed by atoms with Crippen molar-refractivity contribution in [1.29, 1.82) is 0 Å². The van der Waals surface area contributed by atoms with Crippen LogP contribution in [0.4, 0.5) is 16.4 Å². The largest absolute Gasteiger partial charge is 0.460 e. The molecule has 0 aliphatic heterocycles. The molecule has 3 N–H and O–H groups in total. The Morgan fingerprint density at radius 1 is 1.12 bits per heavy atom. The molecule has 33 heavy (non-hydrogen) atoms. The number of anilines is 2. The number of nitrogens with zero attached hydrogens (tertiary/aromatic N) is 4. The van der Waals surface area contributed by atoms with Gasteiger partial charge in [0.2, 0.25) is 5.95 Å². The van der Waals surface area contributed by atoms with Gasteiger partial charge in [0.1, 0.15) is 0 Å². The number of benzene rings is 2. The molecule has 2 heterocycles. The van der Waals surface area contributed by atoms with Crippen LogP contribution in [-0.4, -0.2) is 43.6 Å². The van der Waals surface area contributed by atoms with Gasteiger partial charge in [0.25, 0.3) is 5.82 Å². The van der Waals surface area contributed by atoms with Gasteiger partial charge >= 0.3 is 12.0 Å². The first-order valence-electron chi connectivity index (χ1n) is 9.73. The molecule has 4 rings (SSSR count). The molecule has 0 fully saturated rings. The van der Waals surface area contributed by atoms with E-state index in [1.54, 1.807) is 43.3 Å². The van der Waals surface area contributed by atoms with Crippen molar-refractivity contribution in [2.24, 2.45) is 0 Å². The number of amides is 2. The number of halogens is 2. The summed E-state index contributed by atoms with van der Waals surface area (Å²) < 4.78 is 6.76. The Kier molecular flexibility index (Phi) is 6.71. The third-order valence-corrected chi connectivity index (χ3v) is 5.35. The number of nitrogens with one attached hydrogen (secondary N) is 3. The van der Waals surface area contributed by atoms with Crippen LogP contribution in [0.3, 0.4) is 0 Å². The molecule has 0 saturated heterocycles. The van der Waals surface area contributed by atoms with E-state index < -0.39 is 12.0 Å². The second kappa shape index (κ2) is 9.84. The first-order valence-corrected chi connectivity index (χ1v) is 10.9. The van der Waals surface area contributed by atoms with E-state index in [1.807, 2.05) is 18.2 Å². The van der Waals surface area contributed by atoms with Crippen molar-refractivity contribution in [3.8, 4) is 17.1 Å². The summed E-state index contributed by atoms with van der Waals surface area (Å²) in [6.45, 7) is 1.82. The van der Waals surface area contributed by atoms with E-state index in [0.29, 0.717) is 20.9 Å². The summed E-state index contributed by atoms with van der Waals surface area (Å²) in [5.74, 6) is -0.707. The topological polar surface area (TPSA) is 127 Å². The van der Waals surface area contributed by atoms with Gasteiger partial charge in [-0.3, -0.25) is 10.4 Å². The number of aromatic amines is 1. The van der Waals surface area contributed by atoms with E-state index in [2.05, 4.69) is 46.8 Å². The SMILES string of the molecule is CCOC(=O)c1nc(NC(=O)Nc2ccccc2)n(-c2n[nH]c(-c3ccc(Cl)cc3)c2Br)n1. The van der Waals surface area contributed by atoms with Crippen LogP contribution >= 0.6 is 27.5 Å². The summed E-state index contributed by atoms with van der Waals surface area (Å²) in [6.07, 6.45) is 0. The molecule has 0 aliphatic carbocycles. The van der Waals surface area contributed by atoms with Crippen molar-refractivity contribution in [1.82, 2.24) is 25.0 Å². The lowest BCUT2D eigenvalue weighted by Crippen LogP contribution is -2.22. The van der Waals surface area contributed by atoms with Crippen molar-refractivity contribution in [3.63, 3.8) is 0 Å². The van der Waals surface area contributed by atoms with Gasteiger partial charge in [0.05, 0.1) is 16.8 Å². The monoisotopic (exact) mass is 529 g/mol. The van der Waals surface area contributed by atoms with Crippen LogP contribution in [0.25, 0.3) is 17.1 Å². The van der Waals surface area contributed by atoms with Gasteiger partial charge in [0, 0.05) is 16.3 Å². The Morgan fingerprint density at radius 2 is 1.85 bits per heavy atom. The minimum atomic E-state index is -0.729. The van der Waals surface area contributed by atoms with E-state index in [-0.39, 0.29) is 24.2 Å². The minimum absolute atomic E-state index is 0.0265. The van der Waals surface area contributed by atoms with Crippen LogP contribution in [0, 0.1) is 0 Å². The number of aromatic nitrogens is 5. The number of para-hydroxylation sites is 1. The predicted octanol–water partition coefficient (Wildman–Crippen LogP) is 4.89. The Balaban J connectivity index is 1.69. The molecule has 2 amide bonds. The van der Waals surface area contributed by atoms with Crippen LogP contribution in [0.2, 0.25) is 5.02 Å². The van der Waals surface area contributed by atoms with Gasteiger partial charge in [-0.15, -0.1) is 5.10 Å². The van der Waals surface area contributed by atoms with Crippen molar-refractivity contribution < 1.29 is 14.3 Å². The number of hydrogen-bond acceptors (Lipinski definition) is 6. The molecule has 0 atom stereocenters. The molecule has 2 aromatic carbocycles. The summed E-state index contributed by atoms with van der Waals surface area (Å²) in [5, 5.41) is 17.3. The molecule has 0 aliphatic rings. The maximum Gasteiger partial charge on any atom is 0.378 e. The van der Waals surface area contributed by atoms with E-state index >= 15 is 0 Å². The van der Waals surface area contributed by atoms with E-state index in [4.69, 9.17) is 16.3 Å². The van der Waals surface area contributed by atoms with Gasteiger partial charge in [-0.1, -0.05) is 41.9 Å². The van der Waals surface area contributed by atoms with E-state index in [9.17, 15) is 9.59 Å². The van der Waals surface area contributed by atoms with Gasteiger partial charge in [-0.25, -0.2) is 9.59 Å². The third-order valence-electron chi connectivity index (χ3n) is 4.35. The molecule has 0 spiro atoms. The fourth-order valence-corrected chi connectivity index (χ4v) is 3.58. The molecule has 4 aromatic rings. The first kappa shape index (κ1) is 22.5. The highest BCUT2D eigenvalue weighted by Gasteiger charge is 2.24. The van der Waals surface area contributed by atoms with Crippen molar-refractivity contribution in [2.75, 3.05) is 17.2 Å². The van der Waals surface area contributed by atoms with Crippen LogP contribution in [-0.2, 0) is 4.74 Å². The van der Waals surface area contributed by atoms with Crippen LogP contribution < -0.4 is 10.6 Å². The Morgan fingerprint density at radius 3 is 2.55 bits per heavy atom. The number of carbonyl (C=O) groups excluding carboxylic acids is 2. The maximum absolute atomic E-state index is 12.5. The van der Waals surface area contributed by atoms with Crippen molar-refractivity contribution in [3.05, 3.63) is 69.9 Å². The van der Waals surface area contributed by atoms with E-state index in [1.165, 1.54) is 4.68 Å². The molecule has 0 bridgehead atoms. The molecule has 168 valence electrons. The molecule has 10 nitrogen and oxygen atoms in total. The first-order chi connectivity index (χ1) is 16.0. The maximum atomic E-state index is 12.5. The smallest absolute Gasteiger partial charge is 0.378 e.